The van der Waals surface area contributed by atoms with Crippen molar-refractivity contribution < 1.29 is 47.2 Å². The van der Waals surface area contributed by atoms with Gasteiger partial charge >= 0.3 is 22.4 Å². The Labute approximate surface area is 69.4 Å². The summed E-state index contributed by atoms with van der Waals surface area (Å²) in [6.07, 6.45) is 0. The second-order valence-corrected chi connectivity index (χ2v) is 0. The zero-order valence-corrected chi connectivity index (χ0v) is 5.93. The summed E-state index contributed by atoms with van der Waals surface area (Å²) in [5, 5.41) is 0. The van der Waals surface area contributed by atoms with Crippen LogP contribution in [0, 0.1) is 0 Å². The maximum Gasteiger partial charge on any atom is 2.00 e. The van der Waals surface area contributed by atoms with E-state index in [0.29, 0.717) is 0 Å². The zero-order valence-electron chi connectivity index (χ0n) is 1.20. The Hall–Kier alpha value is 1.32. The van der Waals surface area contributed by atoms with E-state index in [-0.39, 0.29) is 69.5 Å². The van der Waals surface area contributed by atoms with Crippen molar-refractivity contribution in [1.82, 2.24) is 0 Å². The van der Waals surface area contributed by atoms with Gasteiger partial charge in [0.05, 0.1) is 0 Å². The van der Waals surface area contributed by atoms with Crippen molar-refractivity contribution in [3.8, 4) is 0 Å². The second-order valence-electron chi connectivity index (χ2n) is 0. The van der Waals surface area contributed by atoms with E-state index in [4.69, 9.17) is 0 Å². The summed E-state index contributed by atoms with van der Waals surface area (Å²) in [7, 11) is 0. The van der Waals surface area contributed by atoms with Crippen molar-refractivity contribution in [2.75, 3.05) is 0 Å². The summed E-state index contributed by atoms with van der Waals surface area (Å²) in [6, 6.07) is 0. The molecule has 0 aromatic carbocycles. The predicted octanol–water partition coefficient (Wildman–Crippen LogP) is -4.09. The van der Waals surface area contributed by atoms with E-state index in [9.17, 15) is 0 Å². The Bertz CT molecular complexity index is 8.75. The maximum absolute atomic E-state index is 0. The summed E-state index contributed by atoms with van der Waals surface area (Å²) in [5.41, 5.74) is 0. The van der Waals surface area contributed by atoms with E-state index >= 15 is 0 Å². The van der Waals surface area contributed by atoms with Gasteiger partial charge in [0, 0.05) is 0 Å². The monoisotopic (exact) mass is 299 g/mol. The Morgan fingerprint density at radius 1 is 0.500 bits per heavy atom. The summed E-state index contributed by atoms with van der Waals surface area (Å²) in [6.45, 7) is 0. The molecule has 0 spiro atoms. The molecule has 0 rings (SSSR count). The Morgan fingerprint density at radius 3 is 0.500 bits per heavy atom. The van der Waals surface area contributed by atoms with Crippen molar-refractivity contribution in [2.45, 2.75) is 22.3 Å². The molecule has 0 unspecified atom stereocenters. The smallest absolute Gasteiger partial charge is 1.00 e. The van der Waals surface area contributed by atoms with Crippen LogP contribution in [0.1, 0.15) is 22.3 Å². The van der Waals surface area contributed by atoms with Crippen molar-refractivity contribution in [1.29, 1.82) is 0 Å². The van der Waals surface area contributed by atoms with Crippen LogP contribution >= 0.6 is 0 Å². The molecule has 0 heterocycles. The third kappa shape index (κ3) is 57.0. The molecule has 0 bridgehead atoms. The van der Waals surface area contributed by atoms with Crippen LogP contribution < -0.4 is 24.8 Å². The number of rotatable bonds is 0. The van der Waals surface area contributed by atoms with Gasteiger partial charge in [-0.2, -0.15) is 0 Å². The van der Waals surface area contributed by atoms with Gasteiger partial charge in [0.1, 0.15) is 0 Å². The zero-order chi connectivity index (χ0) is 0. The fourth-order valence-corrected chi connectivity index (χ4v) is 0. The Balaban J connectivity index is 0. The molecule has 0 amide bonds. The molecular weight excluding hydrogens is 288 g/mol. The number of hydrogen-bond donors (Lipinski definition) is 0. The maximum atomic E-state index is 0. The molecule has 0 N–H and O–H groups in total. The predicted molar refractivity (Wildman–Crippen MR) is 20.2 cm³/mol. The van der Waals surface area contributed by atoms with Crippen molar-refractivity contribution in [2.24, 2.45) is 0 Å². The van der Waals surface area contributed by atoms with Crippen molar-refractivity contribution in [3.05, 3.63) is 0 Å². The average molecular weight is 300 g/mol. The summed E-state index contributed by atoms with van der Waals surface area (Å²) < 4.78 is 0. The minimum Gasteiger partial charge on any atom is -1.00 e. The summed E-state index contributed by atoms with van der Waals surface area (Å²) in [4.78, 5) is 0. The fraction of sp³-hybridized carbons (Fsp3) is 1.00. The van der Waals surface area contributed by atoms with E-state index in [1.807, 2.05) is 0 Å². The van der Waals surface area contributed by atoms with Crippen molar-refractivity contribution >= 4 is 0 Å². The standard InChI is InChI=1S/3CH4.2ClH.Ta/h3*1H4;2*1H;/q;;;;;+2/p-2. The van der Waals surface area contributed by atoms with E-state index in [1.165, 1.54) is 0 Å². The molecule has 0 aliphatic carbocycles. The van der Waals surface area contributed by atoms with Crippen LogP contribution in [0.3, 0.4) is 0 Å². The van der Waals surface area contributed by atoms with Crippen molar-refractivity contribution in [3.63, 3.8) is 0 Å². The number of hydrogen-bond acceptors (Lipinski definition) is 0. The molecule has 0 aromatic heterocycles. The molecular formula is C3H12Cl2Ta. The van der Waals surface area contributed by atoms with Gasteiger partial charge in [0.25, 0.3) is 0 Å². The van der Waals surface area contributed by atoms with Gasteiger partial charge in [-0.3, -0.25) is 0 Å². The second kappa shape index (κ2) is 103. The molecule has 0 aliphatic rings. The van der Waals surface area contributed by atoms with E-state index in [0.717, 1.165) is 0 Å². The molecule has 0 atom stereocenters. The molecule has 0 fully saturated rings. The topological polar surface area (TPSA) is 0 Å². The SMILES string of the molecule is C.C.C.[Cl-].[Cl-].[Ta+2]. The van der Waals surface area contributed by atoms with Crippen LogP contribution in [-0.2, 0) is 22.4 Å². The van der Waals surface area contributed by atoms with Gasteiger partial charge in [0.15, 0.2) is 0 Å². The van der Waals surface area contributed by atoms with Gasteiger partial charge < -0.3 is 24.8 Å². The molecule has 0 saturated carbocycles. The molecule has 0 saturated heterocycles. The van der Waals surface area contributed by atoms with Crippen LogP contribution in [0.4, 0.5) is 0 Å². The molecule has 0 nitrogen and oxygen atoms in total. The minimum atomic E-state index is 0. The van der Waals surface area contributed by atoms with Crippen LogP contribution in [0.5, 0.6) is 0 Å². The molecule has 6 heavy (non-hydrogen) atoms. The third-order valence-corrected chi connectivity index (χ3v) is 0. The summed E-state index contributed by atoms with van der Waals surface area (Å²) >= 11 is 0. The first-order valence-corrected chi connectivity index (χ1v) is 0. The van der Waals surface area contributed by atoms with Gasteiger partial charge in [-0.25, -0.2) is 0 Å². The average Bonchev–Trinajstić information content (AvgIpc) is 0. The Morgan fingerprint density at radius 2 is 0.500 bits per heavy atom. The molecule has 0 aromatic rings. The molecule has 3 heteroatoms. The van der Waals surface area contributed by atoms with Crippen LogP contribution in [0.15, 0.2) is 0 Å². The van der Waals surface area contributed by atoms with Crippen LogP contribution in [0.25, 0.3) is 0 Å². The van der Waals surface area contributed by atoms with Gasteiger partial charge in [-0.05, 0) is 0 Å². The first-order valence-electron chi connectivity index (χ1n) is 0. The first kappa shape index (κ1) is 168. The van der Waals surface area contributed by atoms with E-state index in [1.54, 1.807) is 0 Å². The normalized spacial score (nSPS) is 0. The van der Waals surface area contributed by atoms with Gasteiger partial charge in [-0.15, -0.1) is 0 Å². The summed E-state index contributed by atoms with van der Waals surface area (Å²) in [5.74, 6) is 0. The third-order valence-electron chi connectivity index (χ3n) is 0. The van der Waals surface area contributed by atoms with E-state index < -0.39 is 0 Å². The van der Waals surface area contributed by atoms with Gasteiger partial charge in [0.2, 0.25) is 0 Å². The Kier molecular flexibility index (Phi) is 2870. The molecule has 1 radical (unpaired) electrons. The molecule has 43 valence electrons. The molecule has 0 aliphatic heterocycles. The largest absolute Gasteiger partial charge is 2.00 e. The number of halogens is 2. The minimum absolute atomic E-state index is 0. The quantitative estimate of drug-likeness (QED) is 0.427. The van der Waals surface area contributed by atoms with Crippen LogP contribution in [0.2, 0.25) is 0 Å². The van der Waals surface area contributed by atoms with Gasteiger partial charge in [-0.1, -0.05) is 22.3 Å². The van der Waals surface area contributed by atoms with Crippen LogP contribution in [-0.4, -0.2) is 0 Å². The van der Waals surface area contributed by atoms with E-state index in [2.05, 4.69) is 0 Å². The fourth-order valence-electron chi connectivity index (χ4n) is 0. The first-order chi connectivity index (χ1) is 0.